The molecule has 15 heavy (non-hydrogen) atoms. The number of rotatable bonds is 3. The Morgan fingerprint density at radius 2 is 2.27 bits per heavy atom. The summed E-state index contributed by atoms with van der Waals surface area (Å²) in [6.07, 6.45) is 3.85. The number of pyridine rings is 1. The summed E-state index contributed by atoms with van der Waals surface area (Å²) in [4.78, 5) is 6.38. The normalized spacial score (nSPS) is 22.9. The molecule has 0 spiro atoms. The second kappa shape index (κ2) is 5.21. The van der Waals surface area contributed by atoms with Gasteiger partial charge in [-0.15, -0.1) is 0 Å². The molecule has 82 valence electrons. The van der Waals surface area contributed by atoms with Crippen molar-refractivity contribution in [2.24, 2.45) is 5.73 Å². The van der Waals surface area contributed by atoms with Crippen molar-refractivity contribution in [3.8, 4) is 0 Å². The van der Waals surface area contributed by atoms with Crippen LogP contribution in [-0.4, -0.2) is 42.2 Å². The second-order valence-corrected chi connectivity index (χ2v) is 3.82. The molecule has 0 radical (unpaired) electrons. The quantitative estimate of drug-likeness (QED) is 0.771. The Hall–Kier alpha value is -0.970. The van der Waals surface area contributed by atoms with Gasteiger partial charge >= 0.3 is 0 Å². The van der Waals surface area contributed by atoms with Crippen molar-refractivity contribution in [2.75, 3.05) is 26.2 Å². The first-order valence-electron chi connectivity index (χ1n) is 5.31. The molecule has 1 aromatic rings. The molecule has 4 heteroatoms. The van der Waals surface area contributed by atoms with Crippen molar-refractivity contribution in [3.05, 3.63) is 30.1 Å². The van der Waals surface area contributed by atoms with Crippen LogP contribution in [0.5, 0.6) is 0 Å². The van der Waals surface area contributed by atoms with Gasteiger partial charge in [0.2, 0.25) is 0 Å². The molecule has 1 saturated heterocycles. The molecular weight excluding hydrogens is 190 g/mol. The SMILES string of the molecule is NCC1CN(Cc2ccncc2)CCO1. The monoisotopic (exact) mass is 207 g/mol. The third-order valence-electron chi connectivity index (χ3n) is 2.64. The smallest absolute Gasteiger partial charge is 0.0824 e. The van der Waals surface area contributed by atoms with Gasteiger partial charge in [0, 0.05) is 38.6 Å². The summed E-state index contributed by atoms with van der Waals surface area (Å²) in [5.41, 5.74) is 6.89. The van der Waals surface area contributed by atoms with Gasteiger partial charge in [0.15, 0.2) is 0 Å². The van der Waals surface area contributed by atoms with E-state index in [2.05, 4.69) is 9.88 Å². The minimum atomic E-state index is 0.195. The van der Waals surface area contributed by atoms with Crippen molar-refractivity contribution in [3.63, 3.8) is 0 Å². The predicted octanol–water partition coefficient (Wildman–Crippen LogP) is 0.241. The molecule has 1 atom stereocenters. The van der Waals surface area contributed by atoms with Crippen LogP contribution in [0.1, 0.15) is 5.56 Å². The van der Waals surface area contributed by atoms with E-state index in [-0.39, 0.29) is 6.10 Å². The maximum Gasteiger partial charge on any atom is 0.0824 e. The lowest BCUT2D eigenvalue weighted by atomic mass is 10.2. The van der Waals surface area contributed by atoms with E-state index in [9.17, 15) is 0 Å². The summed E-state index contributed by atoms with van der Waals surface area (Å²) < 4.78 is 5.52. The average Bonchev–Trinajstić information content (AvgIpc) is 2.31. The highest BCUT2D eigenvalue weighted by Gasteiger charge is 2.18. The van der Waals surface area contributed by atoms with Crippen LogP contribution < -0.4 is 5.73 Å². The number of nitrogens with zero attached hydrogens (tertiary/aromatic N) is 2. The molecule has 4 nitrogen and oxygen atoms in total. The summed E-state index contributed by atoms with van der Waals surface area (Å²) >= 11 is 0. The van der Waals surface area contributed by atoms with Crippen LogP contribution in [-0.2, 0) is 11.3 Å². The van der Waals surface area contributed by atoms with E-state index in [0.717, 1.165) is 26.2 Å². The van der Waals surface area contributed by atoms with Crippen molar-refractivity contribution in [1.29, 1.82) is 0 Å². The molecule has 1 unspecified atom stereocenters. The molecule has 2 rings (SSSR count). The summed E-state index contributed by atoms with van der Waals surface area (Å²) in [6, 6.07) is 4.10. The Morgan fingerprint density at radius 1 is 1.47 bits per heavy atom. The molecule has 1 aliphatic rings. The van der Waals surface area contributed by atoms with E-state index in [1.807, 2.05) is 24.5 Å². The van der Waals surface area contributed by atoms with Crippen molar-refractivity contribution in [1.82, 2.24) is 9.88 Å². The molecule has 0 aromatic carbocycles. The number of aromatic nitrogens is 1. The van der Waals surface area contributed by atoms with Gasteiger partial charge in [-0.05, 0) is 17.7 Å². The highest BCUT2D eigenvalue weighted by atomic mass is 16.5. The standard InChI is InChI=1S/C11H17N3O/c12-7-11-9-14(5-6-15-11)8-10-1-3-13-4-2-10/h1-4,11H,5-9,12H2. The molecular formula is C11H17N3O. The average molecular weight is 207 g/mol. The zero-order valence-electron chi connectivity index (χ0n) is 8.80. The molecule has 0 bridgehead atoms. The third-order valence-corrected chi connectivity index (χ3v) is 2.64. The van der Waals surface area contributed by atoms with Gasteiger partial charge in [-0.2, -0.15) is 0 Å². The molecule has 0 aliphatic carbocycles. The van der Waals surface area contributed by atoms with Gasteiger partial charge in [0.25, 0.3) is 0 Å². The van der Waals surface area contributed by atoms with E-state index in [1.165, 1.54) is 5.56 Å². The van der Waals surface area contributed by atoms with Crippen LogP contribution in [0.15, 0.2) is 24.5 Å². The molecule has 2 N–H and O–H groups in total. The highest BCUT2D eigenvalue weighted by Crippen LogP contribution is 2.08. The second-order valence-electron chi connectivity index (χ2n) is 3.82. The van der Waals surface area contributed by atoms with Crippen LogP contribution in [0, 0.1) is 0 Å². The maximum absolute atomic E-state index is 5.60. The largest absolute Gasteiger partial charge is 0.374 e. The lowest BCUT2D eigenvalue weighted by Crippen LogP contribution is -2.45. The fraction of sp³-hybridized carbons (Fsp3) is 0.545. The number of hydrogen-bond donors (Lipinski definition) is 1. The molecule has 2 heterocycles. The number of nitrogens with two attached hydrogens (primary N) is 1. The predicted molar refractivity (Wildman–Crippen MR) is 58.3 cm³/mol. The van der Waals surface area contributed by atoms with Crippen LogP contribution in [0.4, 0.5) is 0 Å². The van der Waals surface area contributed by atoms with Crippen molar-refractivity contribution in [2.45, 2.75) is 12.6 Å². The van der Waals surface area contributed by atoms with Gasteiger partial charge in [-0.1, -0.05) is 0 Å². The Bertz CT molecular complexity index is 291. The van der Waals surface area contributed by atoms with Crippen LogP contribution in [0.2, 0.25) is 0 Å². The number of ether oxygens (including phenoxy) is 1. The van der Waals surface area contributed by atoms with Crippen LogP contribution in [0.3, 0.4) is 0 Å². The van der Waals surface area contributed by atoms with Crippen molar-refractivity contribution >= 4 is 0 Å². The fourth-order valence-corrected chi connectivity index (χ4v) is 1.81. The van der Waals surface area contributed by atoms with Gasteiger partial charge in [-0.3, -0.25) is 9.88 Å². The maximum atomic E-state index is 5.60. The summed E-state index contributed by atoms with van der Waals surface area (Å²) in [5, 5.41) is 0. The van der Waals surface area contributed by atoms with Crippen LogP contribution >= 0.6 is 0 Å². The first kappa shape index (κ1) is 10.5. The number of hydrogen-bond acceptors (Lipinski definition) is 4. The molecule has 0 saturated carbocycles. The molecule has 0 amide bonds. The van der Waals surface area contributed by atoms with Crippen LogP contribution in [0.25, 0.3) is 0 Å². The third kappa shape index (κ3) is 2.99. The van der Waals surface area contributed by atoms with E-state index in [0.29, 0.717) is 6.54 Å². The first-order chi connectivity index (χ1) is 7.38. The fourth-order valence-electron chi connectivity index (χ4n) is 1.81. The molecule has 1 aliphatic heterocycles. The Morgan fingerprint density at radius 3 is 3.00 bits per heavy atom. The highest BCUT2D eigenvalue weighted by molar-refractivity contribution is 5.09. The minimum Gasteiger partial charge on any atom is -0.374 e. The van der Waals surface area contributed by atoms with Crippen molar-refractivity contribution < 1.29 is 4.74 Å². The summed E-state index contributed by atoms with van der Waals surface area (Å²) in [7, 11) is 0. The zero-order valence-corrected chi connectivity index (χ0v) is 8.80. The van der Waals surface area contributed by atoms with E-state index in [4.69, 9.17) is 10.5 Å². The molecule has 1 aromatic heterocycles. The summed E-state index contributed by atoms with van der Waals surface area (Å²) in [5.74, 6) is 0. The zero-order chi connectivity index (χ0) is 10.5. The van der Waals surface area contributed by atoms with E-state index >= 15 is 0 Å². The van der Waals surface area contributed by atoms with Gasteiger partial charge < -0.3 is 10.5 Å². The van der Waals surface area contributed by atoms with Gasteiger partial charge in [0.05, 0.1) is 12.7 Å². The Balaban J connectivity index is 1.89. The minimum absolute atomic E-state index is 0.195. The Labute approximate surface area is 90.0 Å². The lowest BCUT2D eigenvalue weighted by molar-refractivity contribution is -0.0260. The summed E-state index contributed by atoms with van der Waals surface area (Å²) in [6.45, 7) is 4.26. The number of morpholine rings is 1. The van der Waals surface area contributed by atoms with Gasteiger partial charge in [0.1, 0.15) is 0 Å². The van der Waals surface area contributed by atoms with E-state index in [1.54, 1.807) is 0 Å². The van der Waals surface area contributed by atoms with Gasteiger partial charge in [-0.25, -0.2) is 0 Å². The first-order valence-corrected chi connectivity index (χ1v) is 5.31. The lowest BCUT2D eigenvalue weighted by Gasteiger charge is -2.32. The Kier molecular flexibility index (Phi) is 3.66. The molecule has 1 fully saturated rings. The van der Waals surface area contributed by atoms with E-state index < -0.39 is 0 Å². The topological polar surface area (TPSA) is 51.4 Å².